The third-order valence-electron chi connectivity index (χ3n) is 3.45. The molecule has 0 aliphatic heterocycles. The van der Waals surface area contributed by atoms with Crippen molar-refractivity contribution >= 4 is 29.9 Å². The van der Waals surface area contributed by atoms with E-state index in [4.69, 9.17) is 5.26 Å². The van der Waals surface area contributed by atoms with Crippen LogP contribution in [0.3, 0.4) is 0 Å². The van der Waals surface area contributed by atoms with Crippen molar-refractivity contribution in [3.63, 3.8) is 0 Å². The van der Waals surface area contributed by atoms with Crippen LogP contribution in [0.4, 0.5) is 8.78 Å². The maximum absolute atomic E-state index is 12.5. The summed E-state index contributed by atoms with van der Waals surface area (Å²) in [4.78, 5) is 4.46. The van der Waals surface area contributed by atoms with E-state index in [9.17, 15) is 8.78 Å². The Hall–Kier alpha value is -2.41. The standard InChI is InChI=1S/C19H20F2N4O.HI/c1-2-23-19(24-12-15-7-5-6-14(10-15)11-22)25-13-16-8-3-4-9-17(16)26-18(20)21;/h3-10,18H,2,12-13H2,1H3,(H2,23,24,25);1H. The summed E-state index contributed by atoms with van der Waals surface area (Å²) in [5.41, 5.74) is 2.08. The Morgan fingerprint density at radius 1 is 1.19 bits per heavy atom. The second-order valence-electron chi connectivity index (χ2n) is 5.35. The van der Waals surface area contributed by atoms with Gasteiger partial charge in [-0.2, -0.15) is 14.0 Å². The molecule has 2 rings (SSSR count). The lowest BCUT2D eigenvalue weighted by Crippen LogP contribution is -2.36. The fourth-order valence-corrected chi connectivity index (χ4v) is 2.29. The van der Waals surface area contributed by atoms with Gasteiger partial charge in [-0.3, -0.25) is 0 Å². The van der Waals surface area contributed by atoms with Crippen LogP contribution in [0.1, 0.15) is 23.6 Å². The Bertz CT molecular complexity index is 793. The van der Waals surface area contributed by atoms with Gasteiger partial charge in [0, 0.05) is 18.7 Å². The number of ether oxygens (including phenoxy) is 1. The van der Waals surface area contributed by atoms with E-state index in [1.807, 2.05) is 19.1 Å². The minimum Gasteiger partial charge on any atom is -0.434 e. The van der Waals surface area contributed by atoms with Crippen LogP contribution in [-0.2, 0) is 13.1 Å². The van der Waals surface area contributed by atoms with Gasteiger partial charge in [-0.05, 0) is 30.7 Å². The molecular formula is C19H21F2IN4O. The molecule has 2 aromatic rings. The van der Waals surface area contributed by atoms with Gasteiger partial charge < -0.3 is 15.4 Å². The maximum Gasteiger partial charge on any atom is 0.387 e. The molecule has 0 bridgehead atoms. The normalized spacial score (nSPS) is 10.7. The molecule has 0 amide bonds. The monoisotopic (exact) mass is 486 g/mol. The molecule has 0 aromatic heterocycles. The Labute approximate surface area is 174 Å². The predicted octanol–water partition coefficient (Wildman–Crippen LogP) is 4.03. The van der Waals surface area contributed by atoms with Gasteiger partial charge in [0.05, 0.1) is 18.2 Å². The van der Waals surface area contributed by atoms with Crippen molar-refractivity contribution in [3.05, 3.63) is 65.2 Å². The molecule has 5 nitrogen and oxygen atoms in total. The van der Waals surface area contributed by atoms with Crippen molar-refractivity contribution in [2.45, 2.75) is 26.6 Å². The quantitative estimate of drug-likeness (QED) is 0.352. The molecule has 0 aliphatic rings. The van der Waals surface area contributed by atoms with Crippen LogP contribution in [0, 0.1) is 11.3 Å². The summed E-state index contributed by atoms with van der Waals surface area (Å²) in [5, 5.41) is 15.1. The van der Waals surface area contributed by atoms with Crippen LogP contribution in [0.15, 0.2) is 53.5 Å². The van der Waals surface area contributed by atoms with E-state index in [1.54, 1.807) is 30.3 Å². The van der Waals surface area contributed by atoms with Crippen LogP contribution in [0.25, 0.3) is 0 Å². The van der Waals surface area contributed by atoms with Gasteiger partial charge in [0.1, 0.15) is 5.75 Å². The number of rotatable bonds is 7. The van der Waals surface area contributed by atoms with Crippen molar-refractivity contribution in [3.8, 4) is 11.8 Å². The van der Waals surface area contributed by atoms with Crippen LogP contribution in [-0.4, -0.2) is 19.1 Å². The second kappa shape index (κ2) is 12.1. The number of nitrogens with one attached hydrogen (secondary N) is 2. The van der Waals surface area contributed by atoms with Gasteiger partial charge in [-0.25, -0.2) is 4.99 Å². The third-order valence-corrected chi connectivity index (χ3v) is 3.45. The number of nitriles is 1. The van der Waals surface area contributed by atoms with E-state index in [0.29, 0.717) is 30.2 Å². The predicted molar refractivity (Wildman–Crippen MR) is 111 cm³/mol. The first kappa shape index (κ1) is 22.6. The van der Waals surface area contributed by atoms with E-state index in [0.717, 1.165) is 5.56 Å². The van der Waals surface area contributed by atoms with Gasteiger partial charge in [0.2, 0.25) is 0 Å². The molecule has 0 fully saturated rings. The second-order valence-corrected chi connectivity index (χ2v) is 5.35. The average Bonchev–Trinajstić information content (AvgIpc) is 2.65. The van der Waals surface area contributed by atoms with E-state index in [1.165, 1.54) is 6.07 Å². The SMILES string of the molecule is CCNC(=NCc1cccc(C#N)c1)NCc1ccccc1OC(F)F.I. The average molecular weight is 486 g/mol. The number of guanidine groups is 1. The molecule has 8 heteroatoms. The zero-order valence-corrected chi connectivity index (χ0v) is 17.1. The van der Waals surface area contributed by atoms with Gasteiger partial charge in [0.25, 0.3) is 0 Å². The maximum atomic E-state index is 12.5. The highest BCUT2D eigenvalue weighted by molar-refractivity contribution is 14.0. The van der Waals surface area contributed by atoms with Crippen LogP contribution in [0.2, 0.25) is 0 Å². The lowest BCUT2D eigenvalue weighted by Gasteiger charge is -2.14. The lowest BCUT2D eigenvalue weighted by atomic mass is 10.1. The van der Waals surface area contributed by atoms with Crippen molar-refractivity contribution in [1.29, 1.82) is 5.26 Å². The Balaban J connectivity index is 0.00000364. The summed E-state index contributed by atoms with van der Waals surface area (Å²) in [6.45, 7) is 0.388. The van der Waals surface area contributed by atoms with E-state index >= 15 is 0 Å². The Kier molecular flexibility index (Phi) is 10.1. The molecule has 0 spiro atoms. The first-order valence-electron chi connectivity index (χ1n) is 8.16. The first-order valence-corrected chi connectivity index (χ1v) is 8.16. The molecule has 144 valence electrons. The lowest BCUT2D eigenvalue weighted by molar-refractivity contribution is -0.0504. The topological polar surface area (TPSA) is 69.4 Å². The molecular weight excluding hydrogens is 465 g/mol. The number of hydrogen-bond donors (Lipinski definition) is 2. The summed E-state index contributed by atoms with van der Waals surface area (Å²) in [7, 11) is 0. The fraction of sp³-hybridized carbons (Fsp3) is 0.263. The molecule has 0 atom stereocenters. The van der Waals surface area contributed by atoms with Crippen molar-refractivity contribution < 1.29 is 13.5 Å². The van der Waals surface area contributed by atoms with Crippen molar-refractivity contribution in [1.82, 2.24) is 10.6 Å². The number of aliphatic imine (C=N–C) groups is 1. The minimum atomic E-state index is -2.87. The fourth-order valence-electron chi connectivity index (χ4n) is 2.29. The van der Waals surface area contributed by atoms with Gasteiger partial charge in [-0.15, -0.1) is 24.0 Å². The highest BCUT2D eigenvalue weighted by Crippen LogP contribution is 2.19. The number of hydrogen-bond acceptors (Lipinski definition) is 3. The van der Waals surface area contributed by atoms with Crippen LogP contribution in [0.5, 0.6) is 5.75 Å². The third kappa shape index (κ3) is 7.78. The smallest absolute Gasteiger partial charge is 0.387 e. The first-order chi connectivity index (χ1) is 12.6. The van der Waals surface area contributed by atoms with Crippen molar-refractivity contribution in [2.75, 3.05) is 6.54 Å². The molecule has 2 N–H and O–H groups in total. The van der Waals surface area contributed by atoms with Gasteiger partial charge in [0.15, 0.2) is 5.96 Å². The Morgan fingerprint density at radius 3 is 2.67 bits per heavy atom. The molecule has 0 unspecified atom stereocenters. The highest BCUT2D eigenvalue weighted by Gasteiger charge is 2.09. The minimum absolute atomic E-state index is 0. The summed E-state index contributed by atoms with van der Waals surface area (Å²) in [6.07, 6.45) is 0. The number of nitrogens with zero attached hydrogens (tertiary/aromatic N) is 2. The van der Waals surface area contributed by atoms with E-state index in [2.05, 4.69) is 26.4 Å². The molecule has 2 aromatic carbocycles. The molecule has 0 aliphatic carbocycles. The Morgan fingerprint density at radius 2 is 1.96 bits per heavy atom. The summed E-state index contributed by atoms with van der Waals surface area (Å²) in [6, 6.07) is 15.9. The summed E-state index contributed by atoms with van der Waals surface area (Å²) in [5.74, 6) is 0.675. The van der Waals surface area contributed by atoms with Gasteiger partial charge >= 0.3 is 6.61 Å². The van der Waals surface area contributed by atoms with Crippen molar-refractivity contribution in [2.24, 2.45) is 4.99 Å². The number of halogens is 3. The highest BCUT2D eigenvalue weighted by atomic mass is 127. The van der Waals surface area contributed by atoms with Gasteiger partial charge in [-0.1, -0.05) is 30.3 Å². The molecule has 27 heavy (non-hydrogen) atoms. The molecule has 0 radical (unpaired) electrons. The molecule has 0 saturated carbocycles. The van der Waals surface area contributed by atoms with E-state index in [-0.39, 0.29) is 36.3 Å². The number of alkyl halides is 2. The van der Waals surface area contributed by atoms with Crippen LogP contribution >= 0.6 is 24.0 Å². The zero-order valence-electron chi connectivity index (χ0n) is 14.8. The largest absolute Gasteiger partial charge is 0.434 e. The zero-order chi connectivity index (χ0) is 18.8. The number of para-hydroxylation sites is 1. The molecule has 0 heterocycles. The van der Waals surface area contributed by atoms with Crippen LogP contribution < -0.4 is 15.4 Å². The number of benzene rings is 2. The summed E-state index contributed by atoms with van der Waals surface area (Å²) < 4.78 is 29.5. The van der Waals surface area contributed by atoms with E-state index < -0.39 is 6.61 Å². The summed E-state index contributed by atoms with van der Waals surface area (Å²) >= 11 is 0. The molecule has 0 saturated heterocycles.